The van der Waals surface area contributed by atoms with Crippen LogP contribution in [-0.2, 0) is 17.9 Å². The Kier molecular flexibility index (Phi) is 5.87. The van der Waals surface area contributed by atoms with Crippen LogP contribution in [0, 0.1) is 0 Å². The number of benzene rings is 1. The first-order valence-corrected chi connectivity index (χ1v) is 9.22. The average molecular weight is 340 g/mol. The van der Waals surface area contributed by atoms with Gasteiger partial charge in [0.1, 0.15) is 0 Å². The summed E-state index contributed by atoms with van der Waals surface area (Å²) in [6, 6.07) is 10.5. The minimum absolute atomic E-state index is 0.0106. The molecule has 1 aromatic carbocycles. The fourth-order valence-corrected chi connectivity index (χ4v) is 3.50. The molecule has 1 saturated heterocycles. The molecular formula is C20H28N4O. The molecule has 1 atom stereocenters. The number of amides is 1. The number of carbonyl (C=O) groups excluding carboxylic acids is 1. The first-order chi connectivity index (χ1) is 12.2. The molecule has 2 aromatic rings. The molecule has 3 rings (SSSR count). The summed E-state index contributed by atoms with van der Waals surface area (Å²) in [4.78, 5) is 16.9. The van der Waals surface area contributed by atoms with Crippen LogP contribution >= 0.6 is 0 Å². The molecule has 0 bridgehead atoms. The first-order valence-electron chi connectivity index (χ1n) is 9.22. The van der Waals surface area contributed by atoms with E-state index in [4.69, 9.17) is 0 Å². The average Bonchev–Trinajstić information content (AvgIpc) is 3.12. The van der Waals surface area contributed by atoms with E-state index in [1.54, 1.807) is 0 Å². The van der Waals surface area contributed by atoms with Crippen LogP contribution in [0.5, 0.6) is 0 Å². The fourth-order valence-electron chi connectivity index (χ4n) is 3.50. The van der Waals surface area contributed by atoms with Gasteiger partial charge in [0.05, 0.1) is 12.6 Å². The van der Waals surface area contributed by atoms with Crippen molar-refractivity contribution >= 4 is 5.91 Å². The molecule has 0 saturated carbocycles. The minimum atomic E-state index is 0.0106. The molecule has 5 heteroatoms. The van der Waals surface area contributed by atoms with Crippen molar-refractivity contribution in [3.63, 3.8) is 0 Å². The predicted molar refractivity (Wildman–Crippen MR) is 99.1 cm³/mol. The molecule has 1 aromatic heterocycles. The second kappa shape index (κ2) is 8.30. The SMILES string of the molecule is CCCC[C@@H]1C(=O)N(C)CCN1Cc1ccccc1Cn1cccn1. The highest BCUT2D eigenvalue weighted by Gasteiger charge is 2.32. The Bertz CT molecular complexity index is 683. The van der Waals surface area contributed by atoms with E-state index in [1.807, 2.05) is 35.1 Å². The molecule has 1 amide bonds. The Morgan fingerprint density at radius 2 is 1.88 bits per heavy atom. The maximum Gasteiger partial charge on any atom is 0.239 e. The topological polar surface area (TPSA) is 41.4 Å². The molecule has 5 nitrogen and oxygen atoms in total. The zero-order valence-electron chi connectivity index (χ0n) is 15.3. The molecule has 1 aliphatic heterocycles. The van der Waals surface area contributed by atoms with E-state index in [1.165, 1.54) is 11.1 Å². The summed E-state index contributed by atoms with van der Waals surface area (Å²) in [5.74, 6) is 0.268. The largest absolute Gasteiger partial charge is 0.343 e. The van der Waals surface area contributed by atoms with Crippen LogP contribution in [0.3, 0.4) is 0 Å². The van der Waals surface area contributed by atoms with Crippen LogP contribution in [0.4, 0.5) is 0 Å². The standard InChI is InChI=1S/C20H28N4O/c1-3-4-10-19-20(25)22(2)13-14-23(19)15-17-8-5-6-9-18(17)16-24-12-7-11-21-24/h5-9,11-12,19H,3-4,10,13-16H2,1-2H3/t19-/m1/s1. The zero-order valence-corrected chi connectivity index (χ0v) is 15.3. The minimum Gasteiger partial charge on any atom is -0.343 e. The van der Waals surface area contributed by atoms with Crippen molar-refractivity contribution in [2.24, 2.45) is 0 Å². The zero-order chi connectivity index (χ0) is 17.6. The van der Waals surface area contributed by atoms with Crippen molar-refractivity contribution in [3.8, 4) is 0 Å². The van der Waals surface area contributed by atoms with E-state index in [0.717, 1.165) is 45.4 Å². The molecule has 0 radical (unpaired) electrons. The number of hydrogen-bond acceptors (Lipinski definition) is 3. The van der Waals surface area contributed by atoms with Gasteiger partial charge in [-0.2, -0.15) is 5.10 Å². The van der Waals surface area contributed by atoms with Crippen molar-refractivity contribution in [1.82, 2.24) is 19.6 Å². The van der Waals surface area contributed by atoms with E-state index >= 15 is 0 Å². The molecule has 134 valence electrons. The Morgan fingerprint density at radius 3 is 2.56 bits per heavy atom. The predicted octanol–water partition coefficient (Wildman–Crippen LogP) is 2.76. The van der Waals surface area contributed by atoms with Gasteiger partial charge in [-0.3, -0.25) is 14.4 Å². The van der Waals surface area contributed by atoms with Gasteiger partial charge in [-0.05, 0) is 23.6 Å². The third-order valence-corrected chi connectivity index (χ3v) is 5.04. The van der Waals surface area contributed by atoms with E-state index in [-0.39, 0.29) is 11.9 Å². The van der Waals surface area contributed by atoms with Gasteiger partial charge in [0, 0.05) is 39.1 Å². The maximum absolute atomic E-state index is 12.6. The van der Waals surface area contributed by atoms with E-state index < -0.39 is 0 Å². The lowest BCUT2D eigenvalue weighted by molar-refractivity contribution is -0.140. The molecule has 1 fully saturated rings. The highest BCUT2D eigenvalue weighted by Crippen LogP contribution is 2.21. The molecule has 0 N–H and O–H groups in total. The fraction of sp³-hybridized carbons (Fsp3) is 0.500. The molecule has 0 unspecified atom stereocenters. The lowest BCUT2D eigenvalue weighted by atomic mass is 10.0. The monoisotopic (exact) mass is 340 g/mol. The van der Waals surface area contributed by atoms with Gasteiger partial charge in [0.25, 0.3) is 0 Å². The summed E-state index contributed by atoms with van der Waals surface area (Å²) >= 11 is 0. The number of carbonyl (C=O) groups is 1. The highest BCUT2D eigenvalue weighted by atomic mass is 16.2. The van der Waals surface area contributed by atoms with Crippen molar-refractivity contribution in [2.75, 3.05) is 20.1 Å². The number of likely N-dealkylation sites (N-methyl/N-ethyl adjacent to an activating group) is 1. The maximum atomic E-state index is 12.6. The van der Waals surface area contributed by atoms with Crippen LogP contribution in [0.2, 0.25) is 0 Å². The van der Waals surface area contributed by atoms with Crippen molar-refractivity contribution in [3.05, 3.63) is 53.9 Å². The number of unbranched alkanes of at least 4 members (excludes halogenated alkanes) is 1. The number of piperazine rings is 1. The summed E-state index contributed by atoms with van der Waals surface area (Å²) in [6.07, 6.45) is 6.95. The van der Waals surface area contributed by atoms with Crippen LogP contribution < -0.4 is 0 Å². The van der Waals surface area contributed by atoms with Crippen LogP contribution in [0.25, 0.3) is 0 Å². The smallest absolute Gasteiger partial charge is 0.239 e. The summed E-state index contributed by atoms with van der Waals surface area (Å²) in [7, 11) is 1.92. The van der Waals surface area contributed by atoms with Gasteiger partial charge >= 0.3 is 0 Å². The van der Waals surface area contributed by atoms with Crippen molar-refractivity contribution in [1.29, 1.82) is 0 Å². The van der Waals surface area contributed by atoms with Gasteiger partial charge in [-0.15, -0.1) is 0 Å². The Balaban J connectivity index is 1.77. The third-order valence-electron chi connectivity index (χ3n) is 5.04. The molecular weight excluding hydrogens is 312 g/mol. The molecule has 1 aliphatic rings. The Hall–Kier alpha value is -2.14. The quantitative estimate of drug-likeness (QED) is 0.778. The number of hydrogen-bond donors (Lipinski definition) is 0. The second-order valence-corrected chi connectivity index (χ2v) is 6.86. The Morgan fingerprint density at radius 1 is 1.12 bits per heavy atom. The summed E-state index contributed by atoms with van der Waals surface area (Å²) in [5, 5.41) is 4.32. The van der Waals surface area contributed by atoms with Crippen LogP contribution in [-0.4, -0.2) is 51.7 Å². The van der Waals surface area contributed by atoms with Gasteiger partial charge < -0.3 is 4.90 Å². The second-order valence-electron chi connectivity index (χ2n) is 6.86. The highest BCUT2D eigenvalue weighted by molar-refractivity contribution is 5.82. The van der Waals surface area contributed by atoms with Crippen LogP contribution in [0.1, 0.15) is 37.3 Å². The Labute approximate surface area is 150 Å². The molecule has 0 aliphatic carbocycles. The van der Waals surface area contributed by atoms with Gasteiger partial charge in [0.15, 0.2) is 0 Å². The summed E-state index contributed by atoms with van der Waals surface area (Å²) in [6.45, 7) is 5.52. The van der Waals surface area contributed by atoms with Gasteiger partial charge in [-0.25, -0.2) is 0 Å². The van der Waals surface area contributed by atoms with Gasteiger partial charge in [-0.1, -0.05) is 44.0 Å². The molecule has 0 spiro atoms. The lowest BCUT2D eigenvalue weighted by Gasteiger charge is -2.39. The van der Waals surface area contributed by atoms with Gasteiger partial charge in [0.2, 0.25) is 5.91 Å². The van der Waals surface area contributed by atoms with E-state index in [9.17, 15) is 4.79 Å². The van der Waals surface area contributed by atoms with Crippen molar-refractivity contribution in [2.45, 2.75) is 45.3 Å². The number of aromatic nitrogens is 2. The lowest BCUT2D eigenvalue weighted by Crippen LogP contribution is -2.55. The molecule has 25 heavy (non-hydrogen) atoms. The summed E-state index contributed by atoms with van der Waals surface area (Å²) in [5.41, 5.74) is 2.56. The van der Waals surface area contributed by atoms with Crippen LogP contribution in [0.15, 0.2) is 42.7 Å². The number of nitrogens with zero attached hydrogens (tertiary/aromatic N) is 4. The third kappa shape index (κ3) is 4.28. The number of rotatable bonds is 7. The van der Waals surface area contributed by atoms with Crippen molar-refractivity contribution < 1.29 is 4.79 Å². The normalized spacial score (nSPS) is 18.7. The molecule has 2 heterocycles. The summed E-state index contributed by atoms with van der Waals surface area (Å²) < 4.78 is 1.95. The van der Waals surface area contributed by atoms with E-state index in [2.05, 4.69) is 41.2 Å². The first kappa shape index (κ1) is 17.7. The van der Waals surface area contributed by atoms with E-state index in [0.29, 0.717) is 0 Å².